The van der Waals surface area contributed by atoms with E-state index in [4.69, 9.17) is 10.3 Å². The smallest absolute Gasteiger partial charge is 0.0950 e. The van der Waals surface area contributed by atoms with Gasteiger partial charge >= 0.3 is 0 Å². The third-order valence-corrected chi connectivity index (χ3v) is 2.71. The molecule has 0 amide bonds. The van der Waals surface area contributed by atoms with E-state index in [9.17, 15) is 0 Å². The zero-order chi connectivity index (χ0) is 11.2. The van der Waals surface area contributed by atoms with Crippen molar-refractivity contribution in [2.45, 2.75) is 18.9 Å². The first-order chi connectivity index (χ1) is 7.90. The molecule has 0 aliphatic carbocycles. The molecule has 1 aromatic carbocycles. The fourth-order valence-corrected chi connectivity index (χ4v) is 1.78. The standard InChI is InChI=1S/C13H16N2O/c14-15-13(12-8-9-16-10-12)7-6-11-4-2-1-3-5-11/h1-5,8-10,13,15H,6-7,14H2. The van der Waals surface area contributed by atoms with Crippen LogP contribution in [0.4, 0.5) is 0 Å². The van der Waals surface area contributed by atoms with Gasteiger partial charge in [-0.1, -0.05) is 30.3 Å². The van der Waals surface area contributed by atoms with Crippen molar-refractivity contribution < 1.29 is 4.42 Å². The summed E-state index contributed by atoms with van der Waals surface area (Å²) in [6, 6.07) is 12.5. The van der Waals surface area contributed by atoms with Crippen LogP contribution in [-0.2, 0) is 6.42 Å². The van der Waals surface area contributed by atoms with Gasteiger partial charge in [-0.3, -0.25) is 11.3 Å². The van der Waals surface area contributed by atoms with Crippen LogP contribution >= 0.6 is 0 Å². The second-order valence-electron chi connectivity index (χ2n) is 3.80. The summed E-state index contributed by atoms with van der Waals surface area (Å²) >= 11 is 0. The van der Waals surface area contributed by atoms with Gasteiger partial charge < -0.3 is 4.42 Å². The van der Waals surface area contributed by atoms with Crippen molar-refractivity contribution in [3.8, 4) is 0 Å². The molecule has 0 spiro atoms. The van der Waals surface area contributed by atoms with Crippen LogP contribution in [0.15, 0.2) is 53.3 Å². The Morgan fingerprint density at radius 3 is 2.62 bits per heavy atom. The van der Waals surface area contributed by atoms with Gasteiger partial charge in [0.05, 0.1) is 12.5 Å². The number of furan rings is 1. The van der Waals surface area contributed by atoms with Crippen molar-refractivity contribution >= 4 is 0 Å². The number of benzene rings is 1. The highest BCUT2D eigenvalue weighted by Gasteiger charge is 2.10. The molecular weight excluding hydrogens is 200 g/mol. The van der Waals surface area contributed by atoms with Gasteiger partial charge in [-0.15, -0.1) is 0 Å². The van der Waals surface area contributed by atoms with Gasteiger partial charge in [0.2, 0.25) is 0 Å². The summed E-state index contributed by atoms with van der Waals surface area (Å²) < 4.78 is 5.05. The summed E-state index contributed by atoms with van der Waals surface area (Å²) in [5, 5.41) is 0. The predicted octanol–water partition coefficient (Wildman–Crippen LogP) is 2.42. The Hall–Kier alpha value is -1.58. The van der Waals surface area contributed by atoms with Crippen LogP contribution in [0, 0.1) is 0 Å². The Morgan fingerprint density at radius 1 is 1.19 bits per heavy atom. The summed E-state index contributed by atoms with van der Waals surface area (Å²) in [6.07, 6.45) is 5.36. The average molecular weight is 216 g/mol. The van der Waals surface area contributed by atoms with Crippen molar-refractivity contribution in [3.05, 3.63) is 60.1 Å². The molecule has 1 atom stereocenters. The lowest BCUT2D eigenvalue weighted by Crippen LogP contribution is -2.28. The first-order valence-electron chi connectivity index (χ1n) is 5.42. The van der Waals surface area contributed by atoms with E-state index in [2.05, 4.69) is 29.7 Å². The van der Waals surface area contributed by atoms with Gasteiger partial charge in [0.15, 0.2) is 0 Å². The second-order valence-corrected chi connectivity index (χ2v) is 3.80. The maximum Gasteiger partial charge on any atom is 0.0950 e. The lowest BCUT2D eigenvalue weighted by atomic mass is 10.0. The van der Waals surface area contributed by atoms with Crippen molar-refractivity contribution in [3.63, 3.8) is 0 Å². The van der Waals surface area contributed by atoms with Crippen molar-refractivity contribution in [2.24, 2.45) is 5.84 Å². The summed E-state index contributed by atoms with van der Waals surface area (Å²) in [4.78, 5) is 0. The zero-order valence-electron chi connectivity index (χ0n) is 9.10. The molecule has 1 unspecified atom stereocenters. The van der Waals surface area contributed by atoms with E-state index >= 15 is 0 Å². The van der Waals surface area contributed by atoms with E-state index < -0.39 is 0 Å². The molecule has 3 nitrogen and oxygen atoms in total. The number of hydrogen-bond acceptors (Lipinski definition) is 3. The fourth-order valence-electron chi connectivity index (χ4n) is 1.78. The van der Waals surface area contributed by atoms with Gasteiger partial charge in [0.1, 0.15) is 0 Å². The van der Waals surface area contributed by atoms with Crippen LogP contribution < -0.4 is 11.3 Å². The van der Waals surface area contributed by atoms with E-state index in [0.717, 1.165) is 18.4 Å². The maximum atomic E-state index is 5.54. The number of hydrogen-bond donors (Lipinski definition) is 2. The molecule has 1 aromatic heterocycles. The summed E-state index contributed by atoms with van der Waals surface area (Å²) in [5.74, 6) is 5.54. The monoisotopic (exact) mass is 216 g/mol. The molecule has 16 heavy (non-hydrogen) atoms. The maximum absolute atomic E-state index is 5.54. The van der Waals surface area contributed by atoms with E-state index in [0.29, 0.717) is 0 Å². The largest absolute Gasteiger partial charge is 0.472 e. The third-order valence-electron chi connectivity index (χ3n) is 2.71. The highest BCUT2D eigenvalue weighted by atomic mass is 16.3. The number of aryl methyl sites for hydroxylation is 1. The molecule has 0 fully saturated rings. The molecule has 1 heterocycles. The lowest BCUT2D eigenvalue weighted by Gasteiger charge is -2.13. The average Bonchev–Trinajstić information content (AvgIpc) is 2.85. The van der Waals surface area contributed by atoms with E-state index in [1.807, 2.05) is 12.1 Å². The van der Waals surface area contributed by atoms with Crippen LogP contribution in [0.1, 0.15) is 23.6 Å². The first-order valence-corrected chi connectivity index (χ1v) is 5.42. The SMILES string of the molecule is NNC(CCc1ccccc1)c1ccoc1. The van der Waals surface area contributed by atoms with Crippen LogP contribution in [0.25, 0.3) is 0 Å². The third kappa shape index (κ3) is 2.72. The van der Waals surface area contributed by atoms with Gasteiger partial charge in [-0.2, -0.15) is 0 Å². The number of hydrazine groups is 1. The summed E-state index contributed by atoms with van der Waals surface area (Å²) in [6.45, 7) is 0. The minimum atomic E-state index is 0.152. The van der Waals surface area contributed by atoms with Gasteiger partial charge in [0.25, 0.3) is 0 Å². The van der Waals surface area contributed by atoms with Crippen molar-refractivity contribution in [1.29, 1.82) is 0 Å². The molecule has 0 aliphatic heterocycles. The molecule has 2 aromatic rings. The first kappa shape index (κ1) is 10.9. The topological polar surface area (TPSA) is 51.2 Å². The highest BCUT2D eigenvalue weighted by Crippen LogP contribution is 2.18. The van der Waals surface area contributed by atoms with E-state index in [1.54, 1.807) is 12.5 Å². The summed E-state index contributed by atoms with van der Waals surface area (Å²) in [7, 11) is 0. The van der Waals surface area contributed by atoms with Crippen LogP contribution in [0.2, 0.25) is 0 Å². The van der Waals surface area contributed by atoms with Crippen LogP contribution in [0.3, 0.4) is 0 Å². The quantitative estimate of drug-likeness (QED) is 0.596. The minimum absolute atomic E-state index is 0.152. The number of nitrogens with two attached hydrogens (primary N) is 1. The predicted molar refractivity (Wildman–Crippen MR) is 63.5 cm³/mol. The van der Waals surface area contributed by atoms with E-state index in [1.165, 1.54) is 5.56 Å². The van der Waals surface area contributed by atoms with E-state index in [-0.39, 0.29) is 6.04 Å². The van der Waals surface area contributed by atoms with Crippen LogP contribution in [0.5, 0.6) is 0 Å². The Kier molecular flexibility index (Phi) is 3.75. The fraction of sp³-hybridized carbons (Fsp3) is 0.231. The Bertz CT molecular complexity index is 397. The van der Waals surface area contributed by atoms with Crippen molar-refractivity contribution in [1.82, 2.24) is 5.43 Å². The van der Waals surface area contributed by atoms with Gasteiger partial charge in [-0.05, 0) is 24.5 Å². The molecule has 2 rings (SSSR count). The van der Waals surface area contributed by atoms with Gasteiger partial charge in [-0.25, -0.2) is 0 Å². The molecule has 0 saturated heterocycles. The number of rotatable bonds is 5. The highest BCUT2D eigenvalue weighted by molar-refractivity contribution is 5.16. The molecule has 0 radical (unpaired) electrons. The second kappa shape index (κ2) is 5.49. The zero-order valence-corrected chi connectivity index (χ0v) is 9.10. The summed E-state index contributed by atoms with van der Waals surface area (Å²) in [5.41, 5.74) is 5.24. The van der Waals surface area contributed by atoms with Crippen LogP contribution in [-0.4, -0.2) is 0 Å². The molecule has 0 bridgehead atoms. The van der Waals surface area contributed by atoms with Gasteiger partial charge in [0, 0.05) is 11.6 Å². The molecular formula is C13H16N2O. The lowest BCUT2D eigenvalue weighted by molar-refractivity contribution is 0.501. The Balaban J connectivity index is 1.94. The Morgan fingerprint density at radius 2 is 2.00 bits per heavy atom. The normalized spacial score (nSPS) is 12.6. The molecule has 84 valence electrons. The van der Waals surface area contributed by atoms with Crippen molar-refractivity contribution in [2.75, 3.05) is 0 Å². The Labute approximate surface area is 95.2 Å². The minimum Gasteiger partial charge on any atom is -0.472 e. The molecule has 3 N–H and O–H groups in total. The molecule has 3 heteroatoms. The number of nitrogens with one attached hydrogen (secondary N) is 1. The molecule has 0 saturated carbocycles. The molecule has 0 aliphatic rings.